The lowest BCUT2D eigenvalue weighted by Crippen LogP contribution is -2.26. The second-order valence-corrected chi connectivity index (χ2v) is 4.04. The molecule has 0 bridgehead atoms. The van der Waals surface area contributed by atoms with E-state index in [0.29, 0.717) is 5.39 Å². The van der Waals surface area contributed by atoms with E-state index < -0.39 is 0 Å². The fourth-order valence-corrected chi connectivity index (χ4v) is 2.05. The Morgan fingerprint density at radius 1 is 1.06 bits per heavy atom. The lowest BCUT2D eigenvalue weighted by Gasteiger charge is -2.08. The van der Waals surface area contributed by atoms with Crippen LogP contribution in [0.1, 0.15) is 0 Å². The molecule has 18 heavy (non-hydrogen) atoms. The number of nitrogens with two attached hydrogens (primary N) is 1. The van der Waals surface area contributed by atoms with Crippen molar-refractivity contribution in [2.24, 2.45) is 0 Å². The summed E-state index contributed by atoms with van der Waals surface area (Å²) >= 11 is 0. The number of pyridine rings is 2. The number of nitrogens with zero attached hydrogens (tertiary/aromatic N) is 2. The molecule has 0 aliphatic carbocycles. The molecule has 1 aromatic carbocycles. The first-order valence-electron chi connectivity index (χ1n) is 5.57. The van der Waals surface area contributed by atoms with E-state index in [9.17, 15) is 4.79 Å². The molecule has 0 aliphatic heterocycles. The van der Waals surface area contributed by atoms with Crippen molar-refractivity contribution in [3.63, 3.8) is 0 Å². The average molecular weight is 237 g/mol. The molecule has 3 rings (SSSR count). The highest BCUT2D eigenvalue weighted by atomic mass is 16.1. The summed E-state index contributed by atoms with van der Waals surface area (Å²) in [7, 11) is 0. The van der Waals surface area contributed by atoms with Crippen molar-refractivity contribution < 1.29 is 0 Å². The second kappa shape index (κ2) is 4.00. The molecule has 0 amide bonds. The Labute approximate surface area is 103 Å². The molecule has 0 spiro atoms. The Balaban J connectivity index is 2.44. The maximum Gasteiger partial charge on any atom is 0.278 e. The van der Waals surface area contributed by atoms with Gasteiger partial charge in [-0.1, -0.05) is 30.3 Å². The van der Waals surface area contributed by atoms with E-state index in [-0.39, 0.29) is 5.56 Å². The van der Waals surface area contributed by atoms with Crippen LogP contribution < -0.4 is 11.4 Å². The van der Waals surface area contributed by atoms with Gasteiger partial charge in [-0.15, -0.1) is 0 Å². The number of rotatable bonds is 1. The third kappa shape index (κ3) is 1.55. The largest absolute Gasteiger partial charge is 0.336 e. The van der Waals surface area contributed by atoms with Crippen molar-refractivity contribution in [2.45, 2.75) is 0 Å². The lowest BCUT2D eigenvalue weighted by molar-refractivity contribution is 0.953. The van der Waals surface area contributed by atoms with Crippen molar-refractivity contribution in [3.05, 3.63) is 65.3 Å². The molecule has 2 aromatic heterocycles. The molecule has 3 aromatic rings. The van der Waals surface area contributed by atoms with E-state index in [2.05, 4.69) is 4.98 Å². The fraction of sp³-hybridized carbons (Fsp3) is 0. The third-order valence-corrected chi connectivity index (χ3v) is 2.93. The third-order valence-electron chi connectivity index (χ3n) is 2.93. The second-order valence-electron chi connectivity index (χ2n) is 4.04. The van der Waals surface area contributed by atoms with Crippen LogP contribution in [0.5, 0.6) is 0 Å². The van der Waals surface area contributed by atoms with Crippen LogP contribution in [0.2, 0.25) is 0 Å². The Morgan fingerprint density at radius 3 is 2.61 bits per heavy atom. The predicted octanol–water partition coefficient (Wildman–Crippen LogP) is 1.78. The van der Waals surface area contributed by atoms with Gasteiger partial charge in [0.2, 0.25) is 0 Å². The van der Waals surface area contributed by atoms with Gasteiger partial charge in [-0.3, -0.25) is 9.78 Å². The van der Waals surface area contributed by atoms with Crippen LogP contribution in [-0.2, 0) is 0 Å². The summed E-state index contributed by atoms with van der Waals surface area (Å²) in [5.74, 6) is 5.70. The molecule has 4 heteroatoms. The monoisotopic (exact) mass is 237 g/mol. The molecular weight excluding hydrogens is 226 g/mol. The summed E-state index contributed by atoms with van der Waals surface area (Å²) in [5, 5.41) is 1.39. The minimum atomic E-state index is -0.238. The molecule has 2 N–H and O–H groups in total. The Bertz CT molecular complexity index is 763. The van der Waals surface area contributed by atoms with Crippen molar-refractivity contribution in [3.8, 4) is 11.1 Å². The van der Waals surface area contributed by atoms with Gasteiger partial charge in [0.05, 0.1) is 5.39 Å². The first-order valence-corrected chi connectivity index (χ1v) is 5.57. The van der Waals surface area contributed by atoms with Gasteiger partial charge >= 0.3 is 0 Å². The minimum absolute atomic E-state index is 0.238. The number of hydrogen-bond donors (Lipinski definition) is 1. The van der Waals surface area contributed by atoms with Gasteiger partial charge < -0.3 is 5.84 Å². The molecule has 88 valence electrons. The van der Waals surface area contributed by atoms with Crippen LogP contribution in [0.15, 0.2) is 59.8 Å². The van der Waals surface area contributed by atoms with Gasteiger partial charge in [-0.05, 0) is 17.0 Å². The van der Waals surface area contributed by atoms with Gasteiger partial charge in [-0.25, -0.2) is 4.68 Å². The highest BCUT2D eigenvalue weighted by Gasteiger charge is 2.08. The molecule has 0 aliphatic rings. The van der Waals surface area contributed by atoms with Crippen LogP contribution in [0.4, 0.5) is 0 Å². The van der Waals surface area contributed by atoms with Gasteiger partial charge in [-0.2, -0.15) is 0 Å². The van der Waals surface area contributed by atoms with Crippen LogP contribution in [0.25, 0.3) is 21.9 Å². The van der Waals surface area contributed by atoms with Crippen molar-refractivity contribution in [1.82, 2.24) is 9.66 Å². The lowest BCUT2D eigenvalue weighted by atomic mass is 10.0. The zero-order valence-corrected chi connectivity index (χ0v) is 9.58. The molecular formula is C14H11N3O. The Hall–Kier alpha value is -2.62. The van der Waals surface area contributed by atoms with Crippen molar-refractivity contribution in [1.29, 1.82) is 0 Å². The van der Waals surface area contributed by atoms with Gasteiger partial charge in [0, 0.05) is 24.2 Å². The number of aromatic nitrogens is 2. The maximum absolute atomic E-state index is 11.9. The topological polar surface area (TPSA) is 60.9 Å². The minimum Gasteiger partial charge on any atom is -0.336 e. The number of fused-ring (bicyclic) bond motifs is 1. The number of hydrogen-bond acceptors (Lipinski definition) is 3. The normalized spacial score (nSPS) is 10.7. The van der Waals surface area contributed by atoms with Gasteiger partial charge in [0.15, 0.2) is 0 Å². The average Bonchev–Trinajstić information content (AvgIpc) is 2.44. The SMILES string of the molecule is Nn1cc(-c2ccccc2)c2ccncc2c1=O. The molecule has 2 heterocycles. The fourth-order valence-electron chi connectivity index (χ4n) is 2.05. The zero-order valence-electron chi connectivity index (χ0n) is 9.58. The number of benzene rings is 1. The summed E-state index contributed by atoms with van der Waals surface area (Å²) in [6.07, 6.45) is 4.88. The molecule has 0 atom stereocenters. The highest BCUT2D eigenvalue weighted by Crippen LogP contribution is 2.25. The van der Waals surface area contributed by atoms with E-state index in [1.54, 1.807) is 18.6 Å². The van der Waals surface area contributed by atoms with Crippen LogP contribution in [0, 0.1) is 0 Å². The van der Waals surface area contributed by atoms with Crippen LogP contribution in [0.3, 0.4) is 0 Å². The van der Waals surface area contributed by atoms with E-state index in [4.69, 9.17) is 5.84 Å². The number of nitrogen functional groups attached to an aromatic ring is 1. The van der Waals surface area contributed by atoms with Gasteiger partial charge in [0.25, 0.3) is 5.56 Å². The first-order chi connectivity index (χ1) is 8.77. The molecule has 4 nitrogen and oxygen atoms in total. The first kappa shape index (κ1) is 10.5. The van der Waals surface area contributed by atoms with Crippen molar-refractivity contribution >= 4 is 10.8 Å². The molecule has 0 fully saturated rings. The molecule has 0 saturated carbocycles. The summed E-state index contributed by atoms with van der Waals surface area (Å²) in [4.78, 5) is 15.9. The Kier molecular flexibility index (Phi) is 2.34. The highest BCUT2D eigenvalue weighted by molar-refractivity contribution is 5.95. The van der Waals surface area contributed by atoms with Crippen LogP contribution in [-0.4, -0.2) is 9.66 Å². The molecule has 0 radical (unpaired) electrons. The molecule has 0 saturated heterocycles. The summed E-state index contributed by atoms with van der Waals surface area (Å²) in [6, 6.07) is 11.7. The smallest absolute Gasteiger partial charge is 0.278 e. The summed E-state index contributed by atoms with van der Waals surface area (Å²) in [6.45, 7) is 0. The molecule has 0 unspecified atom stereocenters. The van der Waals surface area contributed by atoms with E-state index in [1.807, 2.05) is 36.4 Å². The van der Waals surface area contributed by atoms with Crippen molar-refractivity contribution in [2.75, 3.05) is 5.84 Å². The quantitative estimate of drug-likeness (QED) is 0.656. The standard InChI is InChI=1S/C14H11N3O/c15-17-9-13(10-4-2-1-3-5-10)11-6-7-16-8-12(11)14(17)18/h1-9H,15H2. The maximum atomic E-state index is 11.9. The predicted molar refractivity (Wildman–Crippen MR) is 71.6 cm³/mol. The van der Waals surface area contributed by atoms with E-state index >= 15 is 0 Å². The van der Waals surface area contributed by atoms with Gasteiger partial charge in [0.1, 0.15) is 0 Å². The van der Waals surface area contributed by atoms with Crippen LogP contribution >= 0.6 is 0 Å². The summed E-state index contributed by atoms with van der Waals surface area (Å²) < 4.78 is 1.10. The summed E-state index contributed by atoms with van der Waals surface area (Å²) in [5.41, 5.74) is 1.71. The zero-order chi connectivity index (χ0) is 12.5. The van der Waals surface area contributed by atoms with E-state index in [1.165, 1.54) is 0 Å². The van der Waals surface area contributed by atoms with E-state index in [0.717, 1.165) is 21.2 Å². The Morgan fingerprint density at radius 2 is 1.83 bits per heavy atom.